The van der Waals surface area contributed by atoms with Crippen molar-refractivity contribution in [1.29, 1.82) is 0 Å². The predicted octanol–water partition coefficient (Wildman–Crippen LogP) is 4.59. The zero-order valence-electron chi connectivity index (χ0n) is 15.5. The van der Waals surface area contributed by atoms with Crippen LogP contribution >= 0.6 is 11.8 Å². The molecule has 4 rings (SSSR count). The summed E-state index contributed by atoms with van der Waals surface area (Å²) in [7, 11) is 0.265. The summed E-state index contributed by atoms with van der Waals surface area (Å²) >= 11 is 1.36. The van der Waals surface area contributed by atoms with Gasteiger partial charge in [0.1, 0.15) is 5.75 Å². The molecular formula is C20H15N3O4S2. The number of aromatic nitrogens is 2. The average Bonchev–Trinajstić information content (AvgIpc) is 2.73. The second-order valence-electron chi connectivity index (χ2n) is 6.14. The minimum Gasteiger partial charge on any atom is -0.495 e. The van der Waals surface area contributed by atoms with Crippen molar-refractivity contribution in [3.05, 3.63) is 65.0 Å². The molecule has 0 aliphatic carbocycles. The maximum Gasteiger partial charge on any atom is 0.270 e. The minimum atomic E-state index is -1.25. The van der Waals surface area contributed by atoms with Crippen LogP contribution in [0.25, 0.3) is 21.8 Å². The lowest BCUT2D eigenvalue weighted by atomic mass is 10.2. The monoisotopic (exact) mass is 425 g/mol. The van der Waals surface area contributed by atoms with Gasteiger partial charge in [-0.2, -0.15) is 0 Å². The number of ether oxygens (including phenoxy) is 1. The number of fused-ring (bicyclic) bond motifs is 2. The van der Waals surface area contributed by atoms with Gasteiger partial charge in [0.05, 0.1) is 49.0 Å². The minimum absolute atomic E-state index is 0.0375. The van der Waals surface area contributed by atoms with E-state index >= 15 is 0 Å². The molecule has 0 N–H and O–H groups in total. The first-order chi connectivity index (χ1) is 14.0. The molecule has 1 atom stereocenters. The largest absolute Gasteiger partial charge is 0.495 e. The van der Waals surface area contributed by atoms with E-state index in [-0.39, 0.29) is 5.69 Å². The molecule has 7 nitrogen and oxygen atoms in total. The Morgan fingerprint density at radius 1 is 1.07 bits per heavy atom. The van der Waals surface area contributed by atoms with Gasteiger partial charge in [-0.05, 0) is 12.1 Å². The summed E-state index contributed by atoms with van der Waals surface area (Å²) in [5.41, 5.74) is 1.34. The van der Waals surface area contributed by atoms with E-state index in [9.17, 15) is 14.3 Å². The van der Waals surface area contributed by atoms with Gasteiger partial charge >= 0.3 is 0 Å². The highest BCUT2D eigenvalue weighted by atomic mass is 32.2. The summed E-state index contributed by atoms with van der Waals surface area (Å²) in [6.45, 7) is 0. The van der Waals surface area contributed by atoms with Crippen molar-refractivity contribution in [1.82, 2.24) is 9.97 Å². The molecule has 146 valence electrons. The molecule has 4 aromatic rings. The highest BCUT2D eigenvalue weighted by Crippen LogP contribution is 2.43. The zero-order chi connectivity index (χ0) is 20.5. The lowest BCUT2D eigenvalue weighted by Gasteiger charge is -2.14. The summed E-state index contributed by atoms with van der Waals surface area (Å²) < 4.78 is 17.9. The normalized spacial score (nSPS) is 12.2. The van der Waals surface area contributed by atoms with Crippen LogP contribution in [-0.4, -0.2) is 32.5 Å². The first kappa shape index (κ1) is 19.3. The number of para-hydroxylation sites is 1. The summed E-state index contributed by atoms with van der Waals surface area (Å²) in [4.78, 5) is 21.6. The maximum absolute atomic E-state index is 12.3. The molecule has 29 heavy (non-hydrogen) atoms. The Hall–Kier alpha value is -3.04. The molecule has 9 heteroatoms. The number of rotatable bonds is 5. The molecule has 2 aromatic heterocycles. The number of nitrogens with zero attached hydrogens (tertiary/aromatic N) is 3. The van der Waals surface area contributed by atoms with Gasteiger partial charge in [-0.15, -0.1) is 0 Å². The van der Waals surface area contributed by atoms with Crippen molar-refractivity contribution < 1.29 is 13.9 Å². The lowest BCUT2D eigenvalue weighted by Crippen LogP contribution is -1.96. The average molecular weight is 425 g/mol. The second-order valence-corrected chi connectivity index (χ2v) is 8.54. The molecule has 0 saturated carbocycles. The number of hydrogen-bond donors (Lipinski definition) is 0. The van der Waals surface area contributed by atoms with Crippen LogP contribution in [-0.2, 0) is 10.8 Å². The van der Waals surface area contributed by atoms with Crippen LogP contribution in [0.15, 0.2) is 69.5 Å². The molecule has 0 saturated heterocycles. The van der Waals surface area contributed by atoms with E-state index in [2.05, 4.69) is 9.97 Å². The lowest BCUT2D eigenvalue weighted by molar-refractivity contribution is -0.384. The third-order valence-corrected chi connectivity index (χ3v) is 6.61. The third-order valence-electron chi connectivity index (χ3n) is 4.40. The molecule has 0 amide bonds. The number of non-ortho nitro benzene ring substituents is 1. The van der Waals surface area contributed by atoms with E-state index in [1.807, 2.05) is 24.3 Å². The summed E-state index contributed by atoms with van der Waals surface area (Å²) in [5, 5.41) is 12.6. The van der Waals surface area contributed by atoms with Crippen LogP contribution in [0.1, 0.15) is 0 Å². The van der Waals surface area contributed by atoms with E-state index in [0.717, 1.165) is 15.8 Å². The van der Waals surface area contributed by atoms with Crippen molar-refractivity contribution in [3.63, 3.8) is 0 Å². The topological polar surface area (TPSA) is 95.2 Å². The Bertz CT molecular complexity index is 1290. The van der Waals surface area contributed by atoms with E-state index in [1.165, 1.54) is 31.0 Å². The van der Waals surface area contributed by atoms with Gasteiger partial charge in [0.15, 0.2) is 0 Å². The Labute approximate surface area is 172 Å². The van der Waals surface area contributed by atoms with Crippen LogP contribution in [0.4, 0.5) is 5.69 Å². The third kappa shape index (κ3) is 3.54. The quantitative estimate of drug-likeness (QED) is 0.341. The Morgan fingerprint density at radius 3 is 2.52 bits per heavy atom. The van der Waals surface area contributed by atoms with Gasteiger partial charge in [0, 0.05) is 41.1 Å². The van der Waals surface area contributed by atoms with Crippen molar-refractivity contribution >= 4 is 50.1 Å². The fraction of sp³-hybridized carbons (Fsp3) is 0.100. The fourth-order valence-electron chi connectivity index (χ4n) is 3.05. The Balaban J connectivity index is 1.94. The van der Waals surface area contributed by atoms with E-state index in [0.29, 0.717) is 26.4 Å². The highest BCUT2D eigenvalue weighted by molar-refractivity contribution is 8.00. The molecule has 0 radical (unpaired) electrons. The van der Waals surface area contributed by atoms with Gasteiger partial charge in [-0.1, -0.05) is 30.0 Å². The van der Waals surface area contributed by atoms with Crippen molar-refractivity contribution in [2.45, 2.75) is 14.7 Å². The van der Waals surface area contributed by atoms with E-state index in [4.69, 9.17) is 4.74 Å². The van der Waals surface area contributed by atoms with Gasteiger partial charge in [-0.25, -0.2) is 0 Å². The standard InChI is InChI=1S/C20H15N3O4S2/c1-27-19-14-9-12(23(24)25)7-8-16(14)21-10-17(19)28-20-13-5-3-4-6-15(13)22-11-18(20)29(2)26/h3-11H,1-2H3. The van der Waals surface area contributed by atoms with Crippen LogP contribution in [0.5, 0.6) is 5.75 Å². The van der Waals surface area contributed by atoms with Gasteiger partial charge in [-0.3, -0.25) is 24.3 Å². The van der Waals surface area contributed by atoms with Crippen molar-refractivity contribution in [2.24, 2.45) is 0 Å². The summed E-state index contributed by atoms with van der Waals surface area (Å²) in [6, 6.07) is 12.1. The smallest absolute Gasteiger partial charge is 0.270 e. The SMILES string of the molecule is COc1c(Sc2c(S(C)=O)cnc3ccccc23)cnc2ccc([N+](=O)[O-])cc12. The Kier molecular flexibility index (Phi) is 5.16. The maximum atomic E-state index is 12.3. The van der Waals surface area contributed by atoms with Crippen LogP contribution in [0.2, 0.25) is 0 Å². The zero-order valence-corrected chi connectivity index (χ0v) is 17.1. The van der Waals surface area contributed by atoms with Crippen LogP contribution in [0.3, 0.4) is 0 Å². The predicted molar refractivity (Wildman–Crippen MR) is 113 cm³/mol. The molecule has 0 aliphatic heterocycles. The molecule has 0 fully saturated rings. The van der Waals surface area contributed by atoms with E-state index in [1.54, 1.807) is 24.7 Å². The van der Waals surface area contributed by atoms with Crippen molar-refractivity contribution in [2.75, 3.05) is 13.4 Å². The van der Waals surface area contributed by atoms with Crippen LogP contribution < -0.4 is 4.74 Å². The molecule has 0 bridgehead atoms. The molecule has 0 aliphatic rings. The van der Waals surface area contributed by atoms with E-state index < -0.39 is 15.7 Å². The van der Waals surface area contributed by atoms with Gasteiger partial charge in [0.2, 0.25) is 0 Å². The highest BCUT2D eigenvalue weighted by Gasteiger charge is 2.19. The number of benzene rings is 2. The second kappa shape index (κ2) is 7.76. The molecule has 0 spiro atoms. The summed E-state index contributed by atoms with van der Waals surface area (Å²) in [6.07, 6.45) is 4.89. The number of pyridine rings is 2. The fourth-order valence-corrected chi connectivity index (χ4v) is 5.15. The number of hydrogen-bond acceptors (Lipinski definition) is 7. The Morgan fingerprint density at radius 2 is 1.79 bits per heavy atom. The van der Waals surface area contributed by atoms with Gasteiger partial charge < -0.3 is 4.74 Å². The first-order valence-corrected chi connectivity index (χ1v) is 10.9. The summed E-state index contributed by atoms with van der Waals surface area (Å²) in [5.74, 6) is 0.484. The molecule has 2 aromatic carbocycles. The molecule has 2 heterocycles. The molecular weight excluding hydrogens is 410 g/mol. The van der Waals surface area contributed by atoms with Crippen LogP contribution in [0, 0.1) is 10.1 Å². The van der Waals surface area contributed by atoms with Crippen molar-refractivity contribution in [3.8, 4) is 5.75 Å². The molecule has 1 unspecified atom stereocenters. The number of nitro groups is 1. The number of nitro benzene ring substituents is 1. The number of methoxy groups -OCH3 is 1. The first-order valence-electron chi connectivity index (χ1n) is 8.49. The van der Waals surface area contributed by atoms with Gasteiger partial charge in [0.25, 0.3) is 5.69 Å².